The molecule has 1 aliphatic heterocycles. The van der Waals surface area contributed by atoms with Gasteiger partial charge in [0.25, 0.3) is 5.91 Å². The van der Waals surface area contributed by atoms with Gasteiger partial charge in [0.1, 0.15) is 23.9 Å². The van der Waals surface area contributed by atoms with Crippen LogP contribution in [0.3, 0.4) is 0 Å². The molecule has 2 heterocycles. The molecule has 14 heteroatoms. The van der Waals surface area contributed by atoms with Crippen molar-refractivity contribution in [3.63, 3.8) is 0 Å². The second-order valence-corrected chi connectivity index (χ2v) is 19.0. The van der Waals surface area contributed by atoms with Crippen molar-refractivity contribution >= 4 is 45.0 Å². The van der Waals surface area contributed by atoms with Crippen LogP contribution in [0.2, 0.25) is 0 Å². The van der Waals surface area contributed by atoms with Gasteiger partial charge in [-0.05, 0) is 78.8 Å². The molecule has 3 aliphatic carbocycles. The average Bonchev–Trinajstić information content (AvgIpc) is 3.81. The van der Waals surface area contributed by atoms with Crippen molar-refractivity contribution < 1.29 is 34.2 Å². The summed E-state index contributed by atoms with van der Waals surface area (Å²) in [6.45, 7) is 8.26. The number of aliphatic hydroxyl groups is 2. The van der Waals surface area contributed by atoms with Gasteiger partial charge in [0, 0.05) is 68.9 Å². The number of hydrogen-bond acceptors (Lipinski definition) is 11. The number of likely N-dealkylation sites (N-methyl/N-ethyl adjacent to an activating group) is 1. The quantitative estimate of drug-likeness (QED) is 0.134. The Kier molecular flexibility index (Phi) is 12.6. The number of anilines is 1. The zero-order chi connectivity index (χ0) is 43.2. The summed E-state index contributed by atoms with van der Waals surface area (Å²) >= 11 is 1.50. The number of carbonyl (C=O) groups excluding carboxylic acids is 3. The topological polar surface area (TPSA) is 157 Å². The Bertz CT molecular complexity index is 2190. The van der Waals surface area contributed by atoms with Crippen molar-refractivity contribution in [2.45, 2.75) is 83.8 Å². The Morgan fingerprint density at radius 3 is 2.45 bits per heavy atom. The molecule has 9 atom stereocenters. The molecule has 4 N–H and O–H groups in total. The van der Waals surface area contributed by atoms with Crippen LogP contribution in [0.1, 0.15) is 61.5 Å². The van der Waals surface area contributed by atoms with Gasteiger partial charge in [-0.2, -0.15) is 5.06 Å². The Balaban J connectivity index is 1.17. The zero-order valence-corrected chi connectivity index (χ0v) is 37.0. The van der Waals surface area contributed by atoms with Crippen LogP contribution in [-0.4, -0.2) is 115 Å². The number of ether oxygens (including phenoxy) is 1. The molecular formula is C46H60N6O7S. The molecule has 2 bridgehead atoms. The van der Waals surface area contributed by atoms with Crippen molar-refractivity contribution in [3.8, 4) is 16.9 Å². The number of amides is 3. The number of para-hydroxylation sites is 2. The lowest BCUT2D eigenvalue weighted by Crippen LogP contribution is -2.62. The summed E-state index contributed by atoms with van der Waals surface area (Å²) in [4.78, 5) is 56.4. The van der Waals surface area contributed by atoms with Crippen molar-refractivity contribution in [2.24, 2.45) is 29.1 Å². The van der Waals surface area contributed by atoms with Gasteiger partial charge in [-0.25, -0.2) is 4.98 Å². The number of benzene rings is 3. The minimum Gasteiger partial charge on any atom is -0.496 e. The lowest BCUT2D eigenvalue weighted by Gasteiger charge is -2.62. The van der Waals surface area contributed by atoms with E-state index < -0.39 is 36.1 Å². The summed E-state index contributed by atoms with van der Waals surface area (Å²) in [6.07, 6.45) is 0.608. The maximum absolute atomic E-state index is 14.3. The van der Waals surface area contributed by atoms with E-state index in [-0.39, 0.29) is 42.8 Å². The monoisotopic (exact) mass is 840 g/mol. The standard InChI is InChI=1S/C46H60N6O7S/c1-25-33-20-30(46(33,3)4)21-35(25)48-44(56)41-40(26(2)54)37(24-53)59-52(41)23-27-13-12-14-32(42(27)58-9)28-17-29(19-31(18-28)50(5)6)43(55)49-36(45(57)51(7)8)22-39-47-34-15-10-11-16-38(34)60-39/h10-19,25-26,30,33,35-37,40-41,53-54H,20-24H2,1-9H3,(H,48,56)(H,49,55)/t25-,26-,30+,33-,35-,36+,37-,40+,41-/m0/s1. The van der Waals surface area contributed by atoms with E-state index in [1.807, 2.05) is 67.5 Å². The van der Waals surface area contributed by atoms with E-state index in [9.17, 15) is 24.6 Å². The summed E-state index contributed by atoms with van der Waals surface area (Å²) < 4.78 is 7.11. The van der Waals surface area contributed by atoms with Crippen LogP contribution in [0, 0.1) is 29.1 Å². The summed E-state index contributed by atoms with van der Waals surface area (Å²) in [7, 11) is 8.70. The van der Waals surface area contributed by atoms with E-state index in [2.05, 4.69) is 31.4 Å². The van der Waals surface area contributed by atoms with Crippen molar-refractivity contribution in [3.05, 3.63) is 76.8 Å². The van der Waals surface area contributed by atoms with E-state index >= 15 is 0 Å². The van der Waals surface area contributed by atoms with Crippen LogP contribution < -0.4 is 20.3 Å². The third kappa shape index (κ3) is 8.36. The highest BCUT2D eigenvalue weighted by molar-refractivity contribution is 7.18. The van der Waals surface area contributed by atoms with Crippen LogP contribution in [-0.2, 0) is 27.4 Å². The SMILES string of the molecule is COc1c(CN2O[C@@H](CO)[C@@H]([C@H](C)O)[C@H]2C(=O)N[C@H]2C[C@H]3C[C@@H]([C@@H]2C)C3(C)C)cccc1-c1cc(C(=O)N[C@H](Cc2nc3ccccc3s2)C(=O)N(C)C)cc(N(C)C)c1. The first-order chi connectivity index (χ1) is 28.5. The molecule has 0 radical (unpaired) electrons. The molecule has 3 aromatic carbocycles. The molecule has 322 valence electrons. The summed E-state index contributed by atoms with van der Waals surface area (Å²) in [5.41, 5.74) is 4.33. The molecule has 0 unspecified atom stereocenters. The highest BCUT2D eigenvalue weighted by Gasteiger charge is 2.57. The van der Waals surface area contributed by atoms with Gasteiger partial charge in [-0.15, -0.1) is 11.3 Å². The van der Waals surface area contributed by atoms with E-state index in [0.29, 0.717) is 45.8 Å². The molecule has 4 aromatic rings. The van der Waals surface area contributed by atoms with Gasteiger partial charge >= 0.3 is 0 Å². The van der Waals surface area contributed by atoms with Gasteiger partial charge in [0.15, 0.2) is 0 Å². The number of nitrogens with one attached hydrogen (secondary N) is 2. The maximum atomic E-state index is 14.3. The second kappa shape index (κ2) is 17.4. The zero-order valence-electron chi connectivity index (χ0n) is 36.1. The summed E-state index contributed by atoms with van der Waals surface area (Å²) in [5, 5.41) is 30.1. The summed E-state index contributed by atoms with van der Waals surface area (Å²) in [6, 6.07) is 17.3. The fourth-order valence-corrected chi connectivity index (χ4v) is 10.9. The number of aliphatic hydroxyl groups excluding tert-OH is 2. The fourth-order valence-electron chi connectivity index (χ4n) is 9.92. The predicted molar refractivity (Wildman–Crippen MR) is 234 cm³/mol. The molecular weight excluding hydrogens is 781 g/mol. The van der Waals surface area contributed by atoms with Gasteiger partial charge in [-0.3, -0.25) is 19.2 Å². The number of nitrogens with zero attached hydrogens (tertiary/aromatic N) is 4. The Labute approximate surface area is 357 Å². The molecule has 1 aromatic heterocycles. The number of methoxy groups -OCH3 is 1. The van der Waals surface area contributed by atoms with Crippen LogP contribution in [0.4, 0.5) is 5.69 Å². The lowest BCUT2D eigenvalue weighted by atomic mass is 9.45. The number of aromatic nitrogens is 1. The first kappa shape index (κ1) is 43.5. The molecule has 8 rings (SSSR count). The molecule has 3 amide bonds. The molecule has 4 fully saturated rings. The highest BCUT2D eigenvalue weighted by Crippen LogP contribution is 2.61. The lowest BCUT2D eigenvalue weighted by molar-refractivity contribution is -0.183. The van der Waals surface area contributed by atoms with E-state index in [0.717, 1.165) is 27.3 Å². The van der Waals surface area contributed by atoms with Crippen molar-refractivity contribution in [1.82, 2.24) is 25.6 Å². The molecule has 4 aliphatic rings. The third-order valence-electron chi connectivity index (χ3n) is 13.5. The molecule has 0 spiro atoms. The van der Waals surface area contributed by atoms with Crippen LogP contribution in [0.5, 0.6) is 5.75 Å². The van der Waals surface area contributed by atoms with Crippen LogP contribution in [0.15, 0.2) is 60.7 Å². The van der Waals surface area contributed by atoms with Crippen molar-refractivity contribution in [2.75, 3.05) is 46.8 Å². The smallest absolute Gasteiger partial charge is 0.252 e. The van der Waals surface area contributed by atoms with Gasteiger partial charge < -0.3 is 35.4 Å². The maximum Gasteiger partial charge on any atom is 0.252 e. The van der Waals surface area contributed by atoms with Crippen LogP contribution >= 0.6 is 11.3 Å². The Morgan fingerprint density at radius 2 is 1.82 bits per heavy atom. The normalized spacial score (nSPS) is 25.6. The van der Waals surface area contributed by atoms with Gasteiger partial charge in [0.05, 0.1) is 41.6 Å². The predicted octanol–water partition coefficient (Wildman–Crippen LogP) is 5.13. The van der Waals surface area contributed by atoms with E-state index in [1.54, 1.807) is 45.3 Å². The Morgan fingerprint density at radius 1 is 1.07 bits per heavy atom. The minimum absolute atomic E-state index is 0.0101. The number of rotatable bonds is 14. The van der Waals surface area contributed by atoms with E-state index in [1.165, 1.54) is 22.7 Å². The second-order valence-electron chi connectivity index (χ2n) is 17.9. The van der Waals surface area contributed by atoms with Gasteiger partial charge in [-0.1, -0.05) is 51.1 Å². The summed E-state index contributed by atoms with van der Waals surface area (Å²) in [5.74, 6) is 0.345. The van der Waals surface area contributed by atoms with Gasteiger partial charge in [0.2, 0.25) is 11.8 Å². The minimum atomic E-state index is -0.931. The molecule has 3 saturated carbocycles. The average molecular weight is 841 g/mol. The third-order valence-corrected chi connectivity index (χ3v) is 14.5. The number of hydrogen-bond donors (Lipinski definition) is 4. The number of carbonyl (C=O) groups is 3. The highest BCUT2D eigenvalue weighted by atomic mass is 32.1. The molecule has 1 saturated heterocycles. The fraction of sp³-hybridized carbons (Fsp3) is 0.522. The van der Waals surface area contributed by atoms with E-state index in [4.69, 9.17) is 14.6 Å². The molecule has 60 heavy (non-hydrogen) atoms. The number of fused-ring (bicyclic) bond motifs is 3. The van der Waals surface area contributed by atoms with Crippen molar-refractivity contribution in [1.29, 1.82) is 0 Å². The van der Waals surface area contributed by atoms with Crippen LogP contribution in [0.25, 0.3) is 21.3 Å². The largest absolute Gasteiger partial charge is 0.496 e. The number of hydroxylamine groups is 2. The Hall–Kier alpha value is -4.60. The number of thiazole rings is 1. The first-order valence-electron chi connectivity index (χ1n) is 20.9. The first-order valence-corrected chi connectivity index (χ1v) is 21.7. The molecule has 13 nitrogen and oxygen atoms in total.